The molecule has 0 spiro atoms. The summed E-state index contributed by atoms with van der Waals surface area (Å²) < 4.78 is 164. The number of carbonyl (C=O) groups excluding carboxylic acids is 2. The molecule has 0 aromatic heterocycles. The summed E-state index contributed by atoms with van der Waals surface area (Å²) in [6.07, 6.45) is 0.339. The Morgan fingerprint density at radius 3 is 1.20 bits per heavy atom. The third kappa shape index (κ3) is 12.3. The van der Waals surface area contributed by atoms with E-state index in [1.54, 1.807) is 0 Å². The number of hydrogen-bond acceptors (Lipinski definition) is 22. The van der Waals surface area contributed by atoms with Gasteiger partial charge in [-0.05, 0) is 85.6 Å². The smallest absolute Gasteiger partial charge is 0.300 e. The first-order valence-electron chi connectivity index (χ1n) is 24.4. The Kier molecular flexibility index (Phi) is 18.5. The van der Waals surface area contributed by atoms with Crippen molar-refractivity contribution >= 4 is 203 Å². The average molecular weight is 1360 g/mol. The summed E-state index contributed by atoms with van der Waals surface area (Å²) in [5, 5.41) is 9.59. The molecule has 0 saturated heterocycles. The largest absolute Gasteiger partial charge is 0.450 e. The number of nitrogens with two attached hydrogens (primary N) is 2. The van der Waals surface area contributed by atoms with Crippen molar-refractivity contribution in [3.05, 3.63) is 115 Å². The molecule has 28 nitrogen and oxygen atoms in total. The van der Waals surface area contributed by atoms with Crippen molar-refractivity contribution in [2.75, 3.05) is 48.3 Å². The van der Waals surface area contributed by atoms with Gasteiger partial charge in [0.15, 0.2) is 65.3 Å². The molecule has 5 aromatic rings. The van der Waals surface area contributed by atoms with Gasteiger partial charge in [-0.3, -0.25) is 37.8 Å². The Morgan fingerprint density at radius 2 is 0.864 bits per heavy atom. The minimum atomic E-state index is -5.08. The monoisotopic (exact) mass is 1360 g/mol. The Bertz CT molecular complexity index is 4740. The second-order valence-electron chi connectivity index (χ2n) is 18.6. The van der Waals surface area contributed by atoms with Crippen LogP contribution in [0.25, 0.3) is 45.1 Å². The summed E-state index contributed by atoms with van der Waals surface area (Å²) in [7, 11) is -20.0. The van der Waals surface area contributed by atoms with E-state index in [0.29, 0.717) is 0 Å². The van der Waals surface area contributed by atoms with Crippen LogP contribution in [0, 0.1) is 0 Å². The van der Waals surface area contributed by atoms with E-state index < -0.39 is 94.9 Å². The van der Waals surface area contributed by atoms with Gasteiger partial charge in [0.2, 0.25) is 0 Å². The second-order valence-corrected chi connectivity index (χ2v) is 25.6. The molecule has 2 aliphatic carbocycles. The van der Waals surface area contributed by atoms with Crippen LogP contribution in [0.2, 0.25) is 20.1 Å². The molecule has 0 bridgehead atoms. The predicted octanol–water partition coefficient (Wildman–Crippen LogP) is 7.32. The molecule has 6 aliphatic rings. The van der Waals surface area contributed by atoms with Gasteiger partial charge < -0.3 is 51.0 Å². The van der Waals surface area contributed by atoms with E-state index in [1.807, 2.05) is 0 Å². The minimum absolute atomic E-state index is 0. The number of hydrogen-bond donors (Lipinski definition) is 10. The number of aromatic nitrogens is 2. The summed E-state index contributed by atoms with van der Waals surface area (Å²) >= 11 is 26.8. The third-order valence-electron chi connectivity index (χ3n) is 13.0. The quantitative estimate of drug-likeness (QED) is 0.0167. The second kappa shape index (κ2) is 24.7. The van der Waals surface area contributed by atoms with E-state index in [0.717, 1.165) is 0 Å². The molecule has 2 amide bonds. The maximum absolute atomic E-state index is 13.0. The first-order chi connectivity index (χ1) is 40.5. The predicted molar refractivity (Wildman–Crippen MR) is 322 cm³/mol. The van der Waals surface area contributed by atoms with E-state index in [-0.39, 0.29) is 209 Å². The van der Waals surface area contributed by atoms with Crippen LogP contribution >= 0.6 is 46.4 Å². The standard InChI is InChI=1S/C50H36Cl4N10O18S4.Li.Na/c51-29-35-43(31(53)33-41(29)79-37-23(61-33)9-7-21(55)45(37)83(67,68)69)81-39-25(63-35)11-13-27(47(39)85(73,74)75)57-15-1-17-59-49(65)19-3-5-20(6-4-19)50(66)60-18-2-16-58-28-14-12-26-40(48(28)86(76,77)78)82-44-32(54)34-42(30(52)36(44)64-26)80-38-24(62-34)10-8-22(56)46(38)84(70,71)72;;/h3-14,61-62H,1-2,15-18,55-56H2,(H,59,65)(H,60,66)(H,67,68,69)(H,70,71,72)(H,73,74,75)(H,76,77,78);;. The number of fused-ring (bicyclic) bond motifs is 8. The van der Waals surface area contributed by atoms with Crippen LogP contribution in [0.5, 0.6) is 23.0 Å². The SMILES string of the molecule is Nc1ccc2c(c1S(=O)(=O)O)Oc1c(c(Cl)c3oc4c(S(=O)(=O)O)c(=NCCCNC(=O)c5ccc(C(=O)NCCCN=c6ccc7nc8c(Cl)c9c(c(Cl)c8oc-7c6S(=O)(=O)O)Nc6ccc(N)c(S(=O)(=O)O)c6O9)cc5)ccc-4nc3c1Cl)N2.[Li].[Na]. The molecule has 0 atom stereocenters. The first-order valence-corrected chi connectivity index (χ1v) is 31.7. The van der Waals surface area contributed by atoms with Crippen LogP contribution < -0.4 is 52.9 Å². The molecule has 5 aromatic carbocycles. The molecule has 4 aliphatic heterocycles. The molecule has 4 heterocycles. The number of amides is 2. The van der Waals surface area contributed by atoms with Crippen LogP contribution in [-0.2, 0) is 40.5 Å². The molecule has 11 rings (SSSR count). The van der Waals surface area contributed by atoms with E-state index in [4.69, 9.17) is 76.2 Å². The van der Waals surface area contributed by atoms with Gasteiger partial charge in [-0.25, -0.2) is 9.97 Å². The Labute approximate surface area is 550 Å². The van der Waals surface area contributed by atoms with Crippen molar-refractivity contribution in [1.29, 1.82) is 0 Å². The zero-order valence-corrected chi connectivity index (χ0v) is 53.1. The van der Waals surface area contributed by atoms with Crippen LogP contribution in [0.4, 0.5) is 34.1 Å². The zero-order valence-electron chi connectivity index (χ0n) is 44.8. The summed E-state index contributed by atoms with van der Waals surface area (Å²) in [6.45, 7) is -0.0578. The van der Waals surface area contributed by atoms with Crippen LogP contribution in [-0.4, -0.2) is 148 Å². The number of rotatable bonds is 14. The van der Waals surface area contributed by atoms with E-state index in [2.05, 4.69) is 41.2 Å². The number of nitrogens with one attached hydrogen (secondary N) is 4. The molecule has 38 heteroatoms. The van der Waals surface area contributed by atoms with Crippen molar-refractivity contribution in [3.63, 3.8) is 0 Å². The minimum Gasteiger partial charge on any atom is -0.450 e. The first kappa shape index (κ1) is 65.9. The molecule has 0 unspecified atom stereocenters. The fourth-order valence-corrected chi connectivity index (χ4v) is 13.3. The molecular weight excluding hydrogens is 1330 g/mol. The van der Waals surface area contributed by atoms with Crippen molar-refractivity contribution in [3.8, 4) is 45.9 Å². The Balaban J connectivity index is 0.00000461. The molecule has 0 saturated carbocycles. The van der Waals surface area contributed by atoms with Gasteiger partial charge in [0.05, 0.1) is 33.5 Å². The van der Waals surface area contributed by atoms with E-state index >= 15 is 0 Å². The summed E-state index contributed by atoms with van der Waals surface area (Å²) in [4.78, 5) is 40.5. The van der Waals surface area contributed by atoms with Gasteiger partial charge >= 0.3 is 20.2 Å². The van der Waals surface area contributed by atoms with Crippen molar-refractivity contribution in [1.82, 2.24) is 20.6 Å². The van der Waals surface area contributed by atoms with E-state index in [1.165, 1.54) is 72.8 Å². The maximum Gasteiger partial charge on any atom is 0.300 e. The van der Waals surface area contributed by atoms with Gasteiger partial charge in [-0.1, -0.05) is 46.4 Å². The fraction of sp³-hybridized carbons (Fsp3) is 0.120. The number of nitrogen functional groups attached to an aromatic ring is 2. The summed E-state index contributed by atoms with van der Waals surface area (Å²) in [5.74, 6) is -3.22. The number of benzene rings is 7. The van der Waals surface area contributed by atoms with Crippen molar-refractivity contribution in [2.24, 2.45) is 9.98 Å². The molecule has 12 N–H and O–H groups in total. The third-order valence-corrected chi connectivity index (χ3v) is 18.1. The van der Waals surface area contributed by atoms with Gasteiger partial charge in [0.1, 0.15) is 53.9 Å². The number of anilines is 6. The van der Waals surface area contributed by atoms with Crippen molar-refractivity contribution in [2.45, 2.75) is 32.4 Å². The molecule has 0 fully saturated rings. The van der Waals surface area contributed by atoms with Crippen LogP contribution in [0.15, 0.2) is 111 Å². The van der Waals surface area contributed by atoms with E-state index in [9.17, 15) is 61.5 Å². The molecule has 88 heavy (non-hydrogen) atoms. The maximum atomic E-state index is 13.0. The summed E-state index contributed by atoms with van der Waals surface area (Å²) in [6, 6.07) is 15.8. The number of nitrogens with zero attached hydrogens (tertiary/aromatic N) is 4. The summed E-state index contributed by atoms with van der Waals surface area (Å²) in [5.41, 5.74) is 10.1. The zero-order chi connectivity index (χ0) is 61.7. The number of carbonyl (C=O) groups is 2. The average Bonchev–Trinajstić information content (AvgIpc) is 0.764. The van der Waals surface area contributed by atoms with Crippen LogP contribution in [0.1, 0.15) is 33.6 Å². The fourth-order valence-electron chi connectivity index (χ4n) is 9.22. The molecular formula is C50H36Cl4LiN10NaO18S4. The van der Waals surface area contributed by atoms with Crippen LogP contribution in [0.3, 0.4) is 0 Å². The number of ether oxygens (including phenoxy) is 2. The van der Waals surface area contributed by atoms with Gasteiger partial charge in [-0.15, -0.1) is 0 Å². The number of halogens is 4. The normalized spacial score (nSPS) is 13.2. The van der Waals surface area contributed by atoms with Gasteiger partial charge in [-0.2, -0.15) is 33.7 Å². The van der Waals surface area contributed by atoms with Gasteiger partial charge in [0, 0.05) is 85.7 Å². The Hall–Kier alpha value is -6.52. The van der Waals surface area contributed by atoms with Crippen molar-refractivity contribution < 1.29 is 79.8 Å². The topological polar surface area (TPSA) is 447 Å². The Morgan fingerprint density at radius 1 is 0.511 bits per heavy atom. The molecule has 2 radical (unpaired) electrons. The molecule has 448 valence electrons. The van der Waals surface area contributed by atoms with Gasteiger partial charge in [0.25, 0.3) is 32.1 Å².